The second-order valence-electron chi connectivity index (χ2n) is 8.66. The Morgan fingerprint density at radius 1 is 1.08 bits per heavy atom. The molecular formula is C24H21N5O6S. The summed E-state index contributed by atoms with van der Waals surface area (Å²) in [6.45, 7) is 0.492. The van der Waals surface area contributed by atoms with Crippen LogP contribution >= 0.6 is 11.8 Å². The molecule has 0 aliphatic carbocycles. The zero-order valence-electron chi connectivity index (χ0n) is 19.5. The normalized spacial score (nSPS) is 16.8. The second-order valence-corrected chi connectivity index (χ2v) is 9.65. The molecule has 0 radical (unpaired) electrons. The third kappa shape index (κ3) is 3.88. The van der Waals surface area contributed by atoms with E-state index in [1.54, 1.807) is 11.9 Å². The number of aryl methyl sites for hydroxylation is 2. The Hall–Kier alpha value is -4.19. The highest BCUT2D eigenvalue weighted by atomic mass is 32.2. The summed E-state index contributed by atoms with van der Waals surface area (Å²) in [7, 11) is 3.05. The van der Waals surface area contributed by atoms with E-state index in [-0.39, 0.29) is 27.8 Å². The molecule has 1 fully saturated rings. The van der Waals surface area contributed by atoms with E-state index in [2.05, 4.69) is 0 Å². The first-order valence-electron chi connectivity index (χ1n) is 11.1. The number of thioether (sulfide) groups is 1. The molecule has 3 aromatic rings. The minimum atomic E-state index is -0.688. The molecule has 2 aromatic carbocycles. The average Bonchev–Trinajstić information content (AvgIpc) is 3.24. The number of nitrogens with zero attached hydrogens (tertiary/aromatic N) is 5. The van der Waals surface area contributed by atoms with E-state index in [9.17, 15) is 29.3 Å². The van der Waals surface area contributed by atoms with Gasteiger partial charge in [-0.25, -0.2) is 4.79 Å². The molecule has 1 saturated heterocycles. The summed E-state index contributed by atoms with van der Waals surface area (Å²) in [5, 5.41) is 11.1. The summed E-state index contributed by atoms with van der Waals surface area (Å²) in [6, 6.07) is 10.5. The van der Waals surface area contributed by atoms with E-state index in [1.807, 2.05) is 24.3 Å². The van der Waals surface area contributed by atoms with Gasteiger partial charge >= 0.3 is 5.69 Å². The largest absolute Gasteiger partial charge is 0.336 e. The molecule has 2 aliphatic heterocycles. The topological polar surface area (TPSA) is 128 Å². The summed E-state index contributed by atoms with van der Waals surface area (Å²) >= 11 is 0.624. The van der Waals surface area contributed by atoms with Crippen molar-refractivity contribution in [3.63, 3.8) is 0 Å². The number of rotatable bonds is 4. The molecule has 1 aromatic heterocycles. The number of carbonyl (C=O) groups excluding carboxylic acids is 3. The fourth-order valence-corrected chi connectivity index (χ4v) is 5.37. The first-order chi connectivity index (χ1) is 17.2. The maximum atomic E-state index is 13.0. The van der Waals surface area contributed by atoms with Crippen LogP contribution in [0.15, 0.2) is 46.1 Å². The quantitative estimate of drug-likeness (QED) is 0.301. The Balaban J connectivity index is 1.41. The number of hydrogen-bond donors (Lipinski definition) is 0. The highest BCUT2D eigenvalue weighted by Crippen LogP contribution is 2.35. The number of imidazole rings is 1. The molecule has 0 bridgehead atoms. The molecule has 2 aliphatic rings. The number of nitro groups is 1. The van der Waals surface area contributed by atoms with Crippen LogP contribution in [0.3, 0.4) is 0 Å². The van der Waals surface area contributed by atoms with Crippen LogP contribution in [0.25, 0.3) is 17.1 Å². The van der Waals surface area contributed by atoms with Crippen molar-refractivity contribution in [2.75, 3.05) is 13.1 Å². The molecule has 0 N–H and O–H groups in total. The minimum Gasteiger partial charge on any atom is -0.336 e. The molecule has 0 unspecified atom stereocenters. The Morgan fingerprint density at radius 2 is 1.75 bits per heavy atom. The zero-order chi connectivity index (χ0) is 25.7. The molecule has 36 heavy (non-hydrogen) atoms. The molecule has 0 saturated carbocycles. The van der Waals surface area contributed by atoms with Gasteiger partial charge in [0.15, 0.2) is 0 Å². The van der Waals surface area contributed by atoms with E-state index < -0.39 is 22.6 Å². The Kier molecular flexibility index (Phi) is 5.75. The predicted octanol–water partition coefficient (Wildman–Crippen LogP) is 2.41. The number of amides is 3. The van der Waals surface area contributed by atoms with Crippen molar-refractivity contribution in [2.24, 2.45) is 14.1 Å². The van der Waals surface area contributed by atoms with E-state index in [1.165, 1.54) is 40.0 Å². The van der Waals surface area contributed by atoms with Crippen LogP contribution in [0, 0.1) is 10.1 Å². The number of imide groups is 1. The van der Waals surface area contributed by atoms with Gasteiger partial charge in [-0.2, -0.15) is 0 Å². The Morgan fingerprint density at radius 3 is 2.44 bits per heavy atom. The molecule has 11 nitrogen and oxygen atoms in total. The van der Waals surface area contributed by atoms with Gasteiger partial charge in [0.1, 0.15) is 6.54 Å². The summed E-state index contributed by atoms with van der Waals surface area (Å²) in [5.41, 5.74) is 2.44. The van der Waals surface area contributed by atoms with Crippen molar-refractivity contribution in [3.05, 3.63) is 78.6 Å². The smallest absolute Gasteiger partial charge is 0.328 e. The van der Waals surface area contributed by atoms with Crippen molar-refractivity contribution in [1.29, 1.82) is 0 Å². The molecular weight excluding hydrogens is 486 g/mol. The van der Waals surface area contributed by atoms with Gasteiger partial charge in [0.25, 0.3) is 16.8 Å². The summed E-state index contributed by atoms with van der Waals surface area (Å²) in [5.74, 6) is -1.04. The summed E-state index contributed by atoms with van der Waals surface area (Å²) in [6.07, 6.45) is 1.96. The van der Waals surface area contributed by atoms with Gasteiger partial charge in [-0.15, -0.1) is 0 Å². The van der Waals surface area contributed by atoms with E-state index in [0.717, 1.165) is 10.5 Å². The van der Waals surface area contributed by atoms with E-state index in [4.69, 9.17) is 0 Å². The molecule has 0 spiro atoms. The maximum absolute atomic E-state index is 13.0. The van der Waals surface area contributed by atoms with Crippen molar-refractivity contribution < 1.29 is 19.3 Å². The molecule has 3 amide bonds. The van der Waals surface area contributed by atoms with Gasteiger partial charge in [0.2, 0.25) is 5.91 Å². The first kappa shape index (κ1) is 23.5. The fraction of sp³-hybridized carbons (Fsp3) is 0.250. The van der Waals surface area contributed by atoms with Crippen LogP contribution in [-0.4, -0.2) is 54.0 Å². The number of fused-ring (bicyclic) bond motifs is 2. The lowest BCUT2D eigenvalue weighted by atomic mass is 10.00. The Labute approximate surface area is 208 Å². The number of carbonyl (C=O) groups is 3. The molecule has 184 valence electrons. The lowest BCUT2D eigenvalue weighted by Crippen LogP contribution is -2.44. The SMILES string of the molecule is Cn1c(=O)n(C)c2cc([N+](=O)[O-])c(/C=C3\SC(=O)N(CC(=O)N4CCc5ccccc5C4)C3=O)cc21. The van der Waals surface area contributed by atoms with E-state index >= 15 is 0 Å². The van der Waals surface area contributed by atoms with Gasteiger partial charge in [-0.05, 0) is 41.5 Å². The van der Waals surface area contributed by atoms with Crippen LogP contribution in [0.2, 0.25) is 0 Å². The minimum absolute atomic E-state index is 0.0276. The summed E-state index contributed by atoms with van der Waals surface area (Å²) < 4.78 is 2.64. The third-order valence-corrected chi connectivity index (χ3v) is 7.46. The van der Waals surface area contributed by atoms with Crippen LogP contribution in [0.1, 0.15) is 16.7 Å². The van der Waals surface area contributed by atoms with Crippen molar-refractivity contribution in [3.8, 4) is 0 Å². The van der Waals surface area contributed by atoms with Crippen molar-refractivity contribution in [1.82, 2.24) is 18.9 Å². The van der Waals surface area contributed by atoms with Gasteiger partial charge in [-0.1, -0.05) is 24.3 Å². The Bertz CT molecular complexity index is 1570. The van der Waals surface area contributed by atoms with Crippen LogP contribution in [0.4, 0.5) is 10.5 Å². The van der Waals surface area contributed by atoms with Gasteiger partial charge < -0.3 is 4.90 Å². The predicted molar refractivity (Wildman–Crippen MR) is 133 cm³/mol. The molecule has 5 rings (SSSR count). The molecule has 3 heterocycles. The van der Waals surface area contributed by atoms with Crippen LogP contribution in [0.5, 0.6) is 0 Å². The third-order valence-electron chi connectivity index (χ3n) is 6.55. The first-order valence-corrected chi connectivity index (χ1v) is 11.9. The highest BCUT2D eigenvalue weighted by molar-refractivity contribution is 8.18. The molecule has 0 atom stereocenters. The monoisotopic (exact) mass is 507 g/mol. The lowest BCUT2D eigenvalue weighted by Gasteiger charge is -2.29. The van der Waals surface area contributed by atoms with E-state index in [0.29, 0.717) is 42.3 Å². The second kappa shape index (κ2) is 8.79. The van der Waals surface area contributed by atoms with Crippen LogP contribution < -0.4 is 5.69 Å². The van der Waals surface area contributed by atoms with Gasteiger partial charge in [0, 0.05) is 33.3 Å². The zero-order valence-corrected chi connectivity index (χ0v) is 20.3. The van der Waals surface area contributed by atoms with Crippen molar-refractivity contribution in [2.45, 2.75) is 13.0 Å². The van der Waals surface area contributed by atoms with Crippen LogP contribution in [-0.2, 0) is 36.6 Å². The van der Waals surface area contributed by atoms with Crippen molar-refractivity contribution >= 4 is 51.6 Å². The molecule has 12 heteroatoms. The number of aromatic nitrogens is 2. The number of nitro benzene ring substituents is 1. The maximum Gasteiger partial charge on any atom is 0.328 e. The number of benzene rings is 2. The lowest BCUT2D eigenvalue weighted by molar-refractivity contribution is -0.385. The van der Waals surface area contributed by atoms with Gasteiger partial charge in [-0.3, -0.25) is 38.5 Å². The number of hydrogen-bond acceptors (Lipinski definition) is 7. The van der Waals surface area contributed by atoms with Gasteiger partial charge in [0.05, 0.1) is 26.4 Å². The average molecular weight is 508 g/mol. The fourth-order valence-electron chi connectivity index (χ4n) is 4.55. The standard InChI is InChI=1S/C24H21N5O6S/c1-25-18-9-16(17(29(34)35)11-19(18)26(2)23(25)32)10-20-22(31)28(24(33)36-20)13-21(30)27-8-7-14-5-3-4-6-15(14)12-27/h3-6,9-11H,7-8,12-13H2,1-2H3/b20-10-. The summed E-state index contributed by atoms with van der Waals surface area (Å²) in [4.78, 5) is 64.4. The highest BCUT2D eigenvalue weighted by Gasteiger charge is 2.38.